The number of amides is 1. The van der Waals surface area contributed by atoms with Crippen molar-refractivity contribution >= 4 is 28.1 Å². The molecule has 0 saturated carbocycles. The fourth-order valence-electron chi connectivity index (χ4n) is 2.19. The molecule has 0 unspecified atom stereocenters. The molecule has 2 N–H and O–H groups in total. The first-order valence-corrected chi connectivity index (χ1v) is 8.02. The second kappa shape index (κ2) is 7.26. The number of aryl methyl sites for hydroxylation is 1. The Labute approximate surface area is 135 Å². The number of nitrogens with one attached hydrogen (secondary N) is 2. The lowest BCUT2D eigenvalue weighted by Gasteiger charge is -2.27. The van der Waals surface area contributed by atoms with Crippen molar-refractivity contribution in [2.24, 2.45) is 0 Å². The minimum atomic E-state index is -0.0797. The van der Waals surface area contributed by atoms with Crippen molar-refractivity contribution in [2.75, 3.05) is 30.9 Å². The van der Waals surface area contributed by atoms with E-state index in [2.05, 4.69) is 39.0 Å². The Morgan fingerprint density at radius 2 is 2.05 bits per heavy atom. The fourth-order valence-corrected chi connectivity index (χ4v) is 2.93. The van der Waals surface area contributed by atoms with Crippen LogP contribution in [-0.4, -0.2) is 37.0 Å². The highest BCUT2D eigenvalue weighted by molar-refractivity contribution is 7.10. The van der Waals surface area contributed by atoms with Crippen LogP contribution in [0.25, 0.3) is 0 Å². The largest absolute Gasteiger partial charge is 0.378 e. The fraction of sp³-hybridized carbons (Fsp3) is 0.375. The molecule has 0 radical (unpaired) electrons. The Morgan fingerprint density at radius 1 is 1.36 bits per heavy atom. The second-order valence-electron chi connectivity index (χ2n) is 5.23. The summed E-state index contributed by atoms with van der Waals surface area (Å²) in [5.41, 5.74) is 2.53. The van der Waals surface area contributed by atoms with Gasteiger partial charge in [-0.25, -0.2) is 0 Å². The molecule has 118 valence electrons. The number of likely N-dealkylation sites (N-methyl/N-ethyl adjacent to an activating group) is 1. The van der Waals surface area contributed by atoms with Gasteiger partial charge in [0.1, 0.15) is 5.00 Å². The van der Waals surface area contributed by atoms with E-state index in [1.807, 2.05) is 32.2 Å². The van der Waals surface area contributed by atoms with Crippen LogP contribution >= 0.6 is 11.5 Å². The van der Waals surface area contributed by atoms with E-state index in [0.29, 0.717) is 12.1 Å². The van der Waals surface area contributed by atoms with Crippen molar-refractivity contribution in [1.29, 1.82) is 0 Å². The van der Waals surface area contributed by atoms with Gasteiger partial charge in [0.25, 0.3) is 5.91 Å². The van der Waals surface area contributed by atoms with Crippen molar-refractivity contribution in [3.63, 3.8) is 0 Å². The van der Waals surface area contributed by atoms with Crippen LogP contribution in [0, 0.1) is 6.92 Å². The van der Waals surface area contributed by atoms with Crippen LogP contribution in [0.1, 0.15) is 23.0 Å². The highest BCUT2D eigenvalue weighted by atomic mass is 32.1. The van der Waals surface area contributed by atoms with Crippen molar-refractivity contribution in [2.45, 2.75) is 19.9 Å². The molecule has 0 aliphatic heterocycles. The molecule has 1 amide bonds. The summed E-state index contributed by atoms with van der Waals surface area (Å²) in [6.07, 6.45) is 0. The van der Waals surface area contributed by atoms with Crippen LogP contribution in [0.4, 0.5) is 10.7 Å². The van der Waals surface area contributed by atoms with Crippen LogP contribution in [0.5, 0.6) is 0 Å². The molecule has 1 heterocycles. The van der Waals surface area contributed by atoms with Gasteiger partial charge >= 0.3 is 0 Å². The smallest absolute Gasteiger partial charge is 0.256 e. The lowest BCUT2D eigenvalue weighted by molar-refractivity contribution is 0.0952. The molecule has 2 rings (SSSR count). The third-order valence-corrected chi connectivity index (χ3v) is 4.66. The molecule has 5 nitrogen and oxygen atoms in total. The predicted octanol–water partition coefficient (Wildman–Crippen LogP) is 2.75. The number of carbonyl (C=O) groups excluding carboxylic acids is 1. The number of carbonyl (C=O) groups is 1. The Kier molecular flexibility index (Phi) is 5.38. The maximum atomic E-state index is 12.4. The molecule has 2 aromatic rings. The Bertz CT molecular complexity index is 626. The highest BCUT2D eigenvalue weighted by Gasteiger charge is 2.18. The van der Waals surface area contributed by atoms with Crippen molar-refractivity contribution in [3.8, 4) is 0 Å². The van der Waals surface area contributed by atoms with Crippen LogP contribution in [0.3, 0.4) is 0 Å². The summed E-state index contributed by atoms with van der Waals surface area (Å²) in [5, 5.41) is 6.82. The molecule has 1 atom stereocenters. The van der Waals surface area contributed by atoms with Crippen LogP contribution in [0.2, 0.25) is 0 Å². The maximum absolute atomic E-state index is 12.4. The third kappa shape index (κ3) is 3.57. The van der Waals surface area contributed by atoms with Gasteiger partial charge in [-0.05, 0) is 37.5 Å². The second-order valence-corrected chi connectivity index (χ2v) is 6.00. The normalized spacial score (nSPS) is 11.8. The summed E-state index contributed by atoms with van der Waals surface area (Å²) in [6, 6.07) is 10.3. The first-order valence-electron chi connectivity index (χ1n) is 7.24. The van der Waals surface area contributed by atoms with Crippen molar-refractivity contribution in [1.82, 2.24) is 9.69 Å². The quantitative estimate of drug-likeness (QED) is 0.860. The van der Waals surface area contributed by atoms with Gasteiger partial charge in [0.05, 0.1) is 11.3 Å². The summed E-state index contributed by atoms with van der Waals surface area (Å²) >= 11 is 1.31. The summed E-state index contributed by atoms with van der Waals surface area (Å²) in [4.78, 5) is 14.5. The minimum Gasteiger partial charge on any atom is -0.378 e. The third-order valence-electron chi connectivity index (χ3n) is 3.70. The molecule has 6 heteroatoms. The number of aromatic nitrogens is 1. The Hall–Kier alpha value is -2.08. The minimum absolute atomic E-state index is 0.0797. The SMILES string of the molecule is CNc1snc(C)c1C(=O)NC[C@H](C)N(C)c1ccccc1. The molecule has 0 saturated heterocycles. The zero-order valence-electron chi connectivity index (χ0n) is 13.4. The molecule has 1 aromatic heterocycles. The standard InChI is InChI=1S/C16H22N4OS/c1-11(20(4)13-8-6-5-7-9-13)10-18-15(21)14-12(2)19-22-16(14)17-3/h5-9,11,17H,10H2,1-4H3,(H,18,21)/t11-/m0/s1. The zero-order chi connectivity index (χ0) is 16.1. The van der Waals surface area contributed by atoms with Crippen molar-refractivity contribution in [3.05, 3.63) is 41.6 Å². The lowest BCUT2D eigenvalue weighted by atomic mass is 10.2. The van der Waals surface area contributed by atoms with E-state index in [1.54, 1.807) is 7.05 Å². The molecule has 0 bridgehead atoms. The molecule has 0 aliphatic carbocycles. The van der Waals surface area contributed by atoms with Gasteiger partial charge in [-0.2, -0.15) is 4.37 Å². The lowest BCUT2D eigenvalue weighted by Crippen LogP contribution is -2.40. The van der Waals surface area contributed by atoms with Crippen LogP contribution in [0.15, 0.2) is 30.3 Å². The molecular formula is C16H22N4OS. The maximum Gasteiger partial charge on any atom is 0.256 e. The highest BCUT2D eigenvalue weighted by Crippen LogP contribution is 2.23. The van der Waals surface area contributed by atoms with Gasteiger partial charge in [0.15, 0.2) is 0 Å². The van der Waals surface area contributed by atoms with E-state index in [1.165, 1.54) is 11.5 Å². The number of hydrogen-bond acceptors (Lipinski definition) is 5. The summed E-state index contributed by atoms with van der Waals surface area (Å²) in [6.45, 7) is 4.51. The molecule has 1 aromatic carbocycles. The van der Waals surface area contributed by atoms with Gasteiger partial charge < -0.3 is 15.5 Å². The monoisotopic (exact) mass is 318 g/mol. The summed E-state index contributed by atoms with van der Waals surface area (Å²) < 4.78 is 4.23. The molecule has 0 spiro atoms. The number of rotatable bonds is 6. The number of anilines is 2. The van der Waals surface area contributed by atoms with Gasteiger partial charge in [0, 0.05) is 32.4 Å². The van der Waals surface area contributed by atoms with E-state index in [-0.39, 0.29) is 11.9 Å². The average Bonchev–Trinajstić information content (AvgIpc) is 2.93. The first kappa shape index (κ1) is 16.3. The molecule has 22 heavy (non-hydrogen) atoms. The van der Waals surface area contributed by atoms with Crippen molar-refractivity contribution < 1.29 is 4.79 Å². The zero-order valence-corrected chi connectivity index (χ0v) is 14.2. The van der Waals surface area contributed by atoms with Gasteiger partial charge in [-0.15, -0.1) is 0 Å². The van der Waals surface area contributed by atoms with E-state index in [9.17, 15) is 4.79 Å². The first-order chi connectivity index (χ1) is 10.5. The average molecular weight is 318 g/mol. The number of nitrogens with zero attached hydrogens (tertiary/aromatic N) is 2. The van der Waals surface area contributed by atoms with Gasteiger partial charge in [0.2, 0.25) is 0 Å². The topological polar surface area (TPSA) is 57.3 Å². The molecule has 0 aliphatic rings. The van der Waals surface area contributed by atoms with Crippen LogP contribution in [-0.2, 0) is 0 Å². The number of para-hydroxylation sites is 1. The number of benzene rings is 1. The van der Waals surface area contributed by atoms with E-state index < -0.39 is 0 Å². The summed E-state index contributed by atoms with van der Waals surface area (Å²) in [5.74, 6) is -0.0797. The van der Waals surface area contributed by atoms with Gasteiger partial charge in [-0.3, -0.25) is 4.79 Å². The predicted molar refractivity (Wildman–Crippen MR) is 93.0 cm³/mol. The van der Waals surface area contributed by atoms with Gasteiger partial charge in [-0.1, -0.05) is 18.2 Å². The van der Waals surface area contributed by atoms with E-state index in [0.717, 1.165) is 16.4 Å². The summed E-state index contributed by atoms with van der Waals surface area (Å²) in [7, 11) is 3.83. The van der Waals surface area contributed by atoms with E-state index in [4.69, 9.17) is 0 Å². The number of hydrogen-bond donors (Lipinski definition) is 2. The molecular weight excluding hydrogens is 296 g/mol. The Balaban J connectivity index is 1.97. The molecule has 0 fully saturated rings. The Morgan fingerprint density at radius 3 is 2.68 bits per heavy atom. The van der Waals surface area contributed by atoms with E-state index >= 15 is 0 Å². The van der Waals surface area contributed by atoms with Crippen LogP contribution < -0.4 is 15.5 Å².